The van der Waals surface area contributed by atoms with Crippen molar-refractivity contribution in [1.82, 2.24) is 0 Å². The first-order chi connectivity index (χ1) is 20.8. The van der Waals surface area contributed by atoms with E-state index < -0.39 is 5.54 Å². The zero-order valence-corrected chi connectivity index (χ0v) is 24.1. The fourth-order valence-electron chi connectivity index (χ4n) is 6.30. The zero-order valence-electron chi connectivity index (χ0n) is 24.1. The second kappa shape index (κ2) is 10.3. The second-order valence-electron chi connectivity index (χ2n) is 11.6. The van der Waals surface area contributed by atoms with Crippen molar-refractivity contribution in [1.29, 1.82) is 0 Å². The van der Waals surface area contributed by atoms with Gasteiger partial charge in [-0.25, -0.2) is 0 Å². The van der Waals surface area contributed by atoms with Gasteiger partial charge in [-0.05, 0) is 110 Å². The Hall–Kier alpha value is -5.16. The van der Waals surface area contributed by atoms with Crippen molar-refractivity contribution in [3.63, 3.8) is 0 Å². The summed E-state index contributed by atoms with van der Waals surface area (Å²) in [6, 6.07) is 46.0. The molecule has 43 heavy (non-hydrogen) atoms. The molecule has 4 heteroatoms. The summed E-state index contributed by atoms with van der Waals surface area (Å²) in [6.07, 6.45) is 0. The molecule has 7 rings (SSSR count). The van der Waals surface area contributed by atoms with Gasteiger partial charge in [-0.3, -0.25) is 0 Å². The minimum absolute atomic E-state index is 0.293. The summed E-state index contributed by atoms with van der Waals surface area (Å²) < 4.78 is 0. The molecule has 4 nitrogen and oxygen atoms in total. The van der Waals surface area contributed by atoms with Crippen molar-refractivity contribution in [2.75, 3.05) is 11.5 Å². The van der Waals surface area contributed by atoms with Crippen LogP contribution < -0.4 is 22.9 Å². The molecule has 0 saturated carbocycles. The van der Waals surface area contributed by atoms with Crippen LogP contribution in [0, 0.1) is 0 Å². The highest BCUT2D eigenvalue weighted by atomic mass is 14.9. The molecule has 0 heterocycles. The Morgan fingerprint density at radius 3 is 0.977 bits per heavy atom. The Bertz CT molecular complexity index is 1800. The monoisotopic (exact) mass is 558 g/mol. The standard InChI is InChI=1S/C39H34N4/c1-24(40)39(43)37-22-31(29-6-2-25(3-7-29)27-10-16-33(41)17-11-27)14-20-35(37)36-21-15-32(23-38(36)39)30-8-4-26(5-9-30)28-12-18-34(42)19-13-28/h2-24H,40-43H2,1H3/t24-/m1/s1. The van der Waals surface area contributed by atoms with E-state index in [2.05, 4.69) is 84.9 Å². The van der Waals surface area contributed by atoms with E-state index in [0.717, 1.165) is 78.1 Å². The summed E-state index contributed by atoms with van der Waals surface area (Å²) in [4.78, 5) is 0. The number of hydrogen-bond acceptors (Lipinski definition) is 4. The Kier molecular flexibility index (Phi) is 6.39. The van der Waals surface area contributed by atoms with Crippen molar-refractivity contribution in [2.24, 2.45) is 11.5 Å². The normalized spacial score (nSPS) is 13.7. The quantitative estimate of drug-likeness (QED) is 0.161. The van der Waals surface area contributed by atoms with E-state index >= 15 is 0 Å². The predicted molar refractivity (Wildman–Crippen MR) is 181 cm³/mol. The molecule has 0 aliphatic heterocycles. The van der Waals surface area contributed by atoms with E-state index in [1.807, 2.05) is 55.5 Å². The van der Waals surface area contributed by atoms with E-state index in [4.69, 9.17) is 22.9 Å². The molecule has 0 spiro atoms. The van der Waals surface area contributed by atoms with Gasteiger partial charge in [-0.1, -0.05) is 97.1 Å². The van der Waals surface area contributed by atoms with Crippen molar-refractivity contribution in [3.05, 3.63) is 145 Å². The Labute approximate surface area is 252 Å². The summed E-state index contributed by atoms with van der Waals surface area (Å²) in [5, 5.41) is 0. The molecule has 0 saturated heterocycles. The maximum Gasteiger partial charge on any atom is 0.0828 e. The molecular formula is C39H34N4. The lowest BCUT2D eigenvalue weighted by molar-refractivity contribution is 0.456. The summed E-state index contributed by atoms with van der Waals surface area (Å²) in [7, 11) is 0. The van der Waals surface area contributed by atoms with E-state index in [-0.39, 0.29) is 6.04 Å². The average Bonchev–Trinajstić information content (AvgIpc) is 3.30. The Morgan fingerprint density at radius 2 is 0.674 bits per heavy atom. The zero-order chi connectivity index (χ0) is 29.7. The summed E-state index contributed by atoms with van der Waals surface area (Å²) in [5.74, 6) is 0. The first-order valence-electron chi connectivity index (χ1n) is 14.6. The number of nitrogen functional groups attached to an aromatic ring is 2. The van der Waals surface area contributed by atoms with Gasteiger partial charge in [0, 0.05) is 17.4 Å². The Morgan fingerprint density at radius 1 is 0.419 bits per heavy atom. The van der Waals surface area contributed by atoms with Crippen LogP contribution in [0.2, 0.25) is 0 Å². The SMILES string of the molecule is C[C@@H](N)C1(N)c2cc(-c3ccc(-c4ccc(N)cc4)cc3)ccc2-c2ccc(-c3ccc(-c4ccc(N)cc4)cc3)cc21. The van der Waals surface area contributed by atoms with Crippen LogP contribution in [0.1, 0.15) is 18.1 Å². The van der Waals surface area contributed by atoms with E-state index in [1.54, 1.807) is 0 Å². The van der Waals surface area contributed by atoms with Crippen LogP contribution in [0.25, 0.3) is 55.6 Å². The van der Waals surface area contributed by atoms with Gasteiger partial charge >= 0.3 is 0 Å². The van der Waals surface area contributed by atoms with Crippen LogP contribution in [-0.2, 0) is 5.54 Å². The van der Waals surface area contributed by atoms with E-state index in [9.17, 15) is 0 Å². The van der Waals surface area contributed by atoms with Crippen molar-refractivity contribution in [3.8, 4) is 55.6 Å². The minimum atomic E-state index is -0.815. The molecule has 0 unspecified atom stereocenters. The predicted octanol–water partition coefficient (Wildman–Crippen LogP) is 8.05. The van der Waals surface area contributed by atoms with Crippen LogP contribution in [0.4, 0.5) is 11.4 Å². The van der Waals surface area contributed by atoms with Gasteiger partial charge in [0.25, 0.3) is 0 Å². The second-order valence-corrected chi connectivity index (χ2v) is 11.6. The number of hydrogen-bond donors (Lipinski definition) is 4. The third-order valence-corrected chi connectivity index (χ3v) is 8.86. The number of benzene rings is 6. The van der Waals surface area contributed by atoms with Gasteiger partial charge in [0.2, 0.25) is 0 Å². The van der Waals surface area contributed by atoms with Gasteiger partial charge in [0.15, 0.2) is 0 Å². The molecule has 0 fully saturated rings. The van der Waals surface area contributed by atoms with Gasteiger partial charge in [-0.2, -0.15) is 0 Å². The molecule has 1 atom stereocenters. The molecule has 0 bridgehead atoms. The van der Waals surface area contributed by atoms with Crippen molar-refractivity contribution >= 4 is 11.4 Å². The maximum absolute atomic E-state index is 7.30. The number of fused-ring (bicyclic) bond motifs is 3. The summed E-state index contributed by atoms with van der Waals surface area (Å²) >= 11 is 0. The van der Waals surface area contributed by atoms with Crippen LogP contribution in [0.5, 0.6) is 0 Å². The van der Waals surface area contributed by atoms with Crippen molar-refractivity contribution in [2.45, 2.75) is 18.5 Å². The lowest BCUT2D eigenvalue weighted by atomic mass is 9.81. The minimum Gasteiger partial charge on any atom is -0.399 e. The molecule has 1 aliphatic carbocycles. The Balaban J connectivity index is 1.23. The van der Waals surface area contributed by atoms with Crippen LogP contribution in [0.3, 0.4) is 0 Å². The molecule has 1 aliphatic rings. The number of rotatable bonds is 5. The maximum atomic E-state index is 7.30. The third kappa shape index (κ3) is 4.58. The first kappa shape index (κ1) is 26.7. The summed E-state index contributed by atoms with van der Waals surface area (Å²) in [5.41, 5.74) is 39.9. The number of anilines is 2. The largest absolute Gasteiger partial charge is 0.399 e. The van der Waals surface area contributed by atoms with Crippen LogP contribution in [-0.4, -0.2) is 6.04 Å². The smallest absolute Gasteiger partial charge is 0.0828 e. The highest BCUT2D eigenvalue weighted by molar-refractivity contribution is 5.86. The highest BCUT2D eigenvalue weighted by Crippen LogP contribution is 2.49. The molecule has 6 aromatic carbocycles. The molecular weight excluding hydrogens is 524 g/mol. The molecule has 0 radical (unpaired) electrons. The van der Waals surface area contributed by atoms with Gasteiger partial charge in [0.1, 0.15) is 0 Å². The first-order valence-corrected chi connectivity index (χ1v) is 14.6. The molecule has 0 amide bonds. The van der Waals surface area contributed by atoms with E-state index in [0.29, 0.717) is 0 Å². The van der Waals surface area contributed by atoms with Gasteiger partial charge in [-0.15, -0.1) is 0 Å². The molecule has 6 aromatic rings. The highest BCUT2D eigenvalue weighted by Gasteiger charge is 2.43. The van der Waals surface area contributed by atoms with Gasteiger partial charge < -0.3 is 22.9 Å². The number of nitrogens with two attached hydrogens (primary N) is 4. The third-order valence-electron chi connectivity index (χ3n) is 8.86. The van der Waals surface area contributed by atoms with Crippen LogP contribution in [0.15, 0.2) is 133 Å². The van der Waals surface area contributed by atoms with Crippen molar-refractivity contribution < 1.29 is 0 Å². The molecule has 8 N–H and O–H groups in total. The fraction of sp³-hybridized carbons (Fsp3) is 0.0769. The van der Waals surface area contributed by atoms with Crippen LogP contribution >= 0.6 is 0 Å². The summed E-state index contributed by atoms with van der Waals surface area (Å²) in [6.45, 7) is 2.00. The molecule has 0 aromatic heterocycles. The molecule has 210 valence electrons. The van der Waals surface area contributed by atoms with Gasteiger partial charge in [0.05, 0.1) is 5.54 Å². The lowest BCUT2D eigenvalue weighted by Crippen LogP contribution is -2.50. The lowest BCUT2D eigenvalue weighted by Gasteiger charge is -2.32. The average molecular weight is 559 g/mol. The van der Waals surface area contributed by atoms with E-state index in [1.165, 1.54) is 0 Å². The fourth-order valence-corrected chi connectivity index (χ4v) is 6.30. The topological polar surface area (TPSA) is 104 Å².